The number of carbonyl (C=O) groups is 1. The molecular formula is C20H24F3N2O+. The highest BCUT2D eigenvalue weighted by atomic mass is 19.2. The average Bonchev–Trinajstić information content (AvgIpc) is 2.62. The van der Waals surface area contributed by atoms with Gasteiger partial charge in [0.2, 0.25) is 0 Å². The Balaban J connectivity index is 2.02. The van der Waals surface area contributed by atoms with Gasteiger partial charge in [0, 0.05) is 11.5 Å². The van der Waals surface area contributed by atoms with Crippen LogP contribution in [0, 0.1) is 23.4 Å². The van der Waals surface area contributed by atoms with E-state index in [9.17, 15) is 18.0 Å². The van der Waals surface area contributed by atoms with Crippen molar-refractivity contribution in [2.45, 2.75) is 33.2 Å². The molecule has 2 rings (SSSR count). The second-order valence-corrected chi connectivity index (χ2v) is 6.58. The number of anilines is 1. The van der Waals surface area contributed by atoms with Crippen molar-refractivity contribution in [1.29, 1.82) is 0 Å². The van der Waals surface area contributed by atoms with E-state index in [0.717, 1.165) is 24.1 Å². The molecule has 0 aliphatic rings. The maximum atomic E-state index is 13.6. The Hall–Kier alpha value is -2.34. The third kappa shape index (κ3) is 4.85. The van der Waals surface area contributed by atoms with Crippen LogP contribution in [0.5, 0.6) is 0 Å². The highest BCUT2D eigenvalue weighted by molar-refractivity contribution is 5.91. The number of halogens is 3. The number of carbonyl (C=O) groups excluding carboxylic acids is 1. The lowest BCUT2D eigenvalue weighted by Gasteiger charge is -2.20. The van der Waals surface area contributed by atoms with Crippen molar-refractivity contribution in [3.05, 3.63) is 65.0 Å². The Morgan fingerprint density at radius 2 is 1.69 bits per heavy atom. The number of quaternary nitrogens is 1. The van der Waals surface area contributed by atoms with Crippen LogP contribution in [0.4, 0.5) is 18.9 Å². The summed E-state index contributed by atoms with van der Waals surface area (Å²) in [7, 11) is 0. The predicted octanol–water partition coefficient (Wildman–Crippen LogP) is 3.57. The van der Waals surface area contributed by atoms with Crippen molar-refractivity contribution in [2.24, 2.45) is 5.92 Å². The first-order valence-electron chi connectivity index (χ1n) is 8.69. The molecule has 1 atom stereocenters. The van der Waals surface area contributed by atoms with Crippen LogP contribution in [0.15, 0.2) is 36.4 Å². The summed E-state index contributed by atoms with van der Waals surface area (Å²) in [4.78, 5) is 12.1. The fourth-order valence-corrected chi connectivity index (χ4v) is 2.83. The molecule has 0 radical (unpaired) electrons. The minimum absolute atomic E-state index is 0.0385. The van der Waals surface area contributed by atoms with E-state index in [4.69, 9.17) is 0 Å². The van der Waals surface area contributed by atoms with E-state index < -0.39 is 23.4 Å². The smallest absolute Gasteiger partial charge is 0.279 e. The molecule has 0 heterocycles. The van der Waals surface area contributed by atoms with Gasteiger partial charge in [-0.2, -0.15) is 0 Å². The average molecular weight is 365 g/mol. The molecule has 3 nitrogen and oxygen atoms in total. The topological polar surface area (TPSA) is 45.7 Å². The molecule has 0 saturated carbocycles. The number of rotatable bonds is 7. The molecule has 6 heteroatoms. The number of nitrogens with one attached hydrogen (secondary N) is 1. The summed E-state index contributed by atoms with van der Waals surface area (Å²) in [5.41, 5.74) is 1.97. The normalized spacial score (nSPS) is 12.3. The Kier molecular flexibility index (Phi) is 6.80. The minimum atomic E-state index is -1.59. The van der Waals surface area contributed by atoms with Crippen LogP contribution in [0.2, 0.25) is 0 Å². The molecule has 26 heavy (non-hydrogen) atoms. The molecule has 0 aliphatic carbocycles. The molecule has 2 aromatic carbocycles. The number of hydrogen-bond acceptors (Lipinski definition) is 1. The van der Waals surface area contributed by atoms with Crippen molar-refractivity contribution in [1.82, 2.24) is 0 Å². The summed E-state index contributed by atoms with van der Waals surface area (Å²) < 4.78 is 39.8. The molecule has 0 aromatic heterocycles. The maximum Gasteiger partial charge on any atom is 0.279 e. The predicted molar refractivity (Wildman–Crippen MR) is 95.1 cm³/mol. The summed E-state index contributed by atoms with van der Waals surface area (Å²) >= 11 is 0. The lowest BCUT2D eigenvalue weighted by atomic mass is 9.95. The van der Waals surface area contributed by atoms with Crippen LogP contribution in [0.25, 0.3) is 0 Å². The SMILES string of the molecule is CCc1ccc([C@H]([NH2+]CC(=O)Nc2ccc(F)c(F)c2F)C(C)C)cc1. The Morgan fingerprint density at radius 3 is 2.27 bits per heavy atom. The zero-order valence-corrected chi connectivity index (χ0v) is 15.2. The highest BCUT2D eigenvalue weighted by Crippen LogP contribution is 2.20. The van der Waals surface area contributed by atoms with Gasteiger partial charge < -0.3 is 10.6 Å². The molecule has 140 valence electrons. The van der Waals surface area contributed by atoms with E-state index in [0.29, 0.717) is 0 Å². The van der Waals surface area contributed by atoms with E-state index >= 15 is 0 Å². The van der Waals surface area contributed by atoms with Crippen molar-refractivity contribution in [2.75, 3.05) is 11.9 Å². The van der Waals surface area contributed by atoms with Gasteiger partial charge in [-0.05, 0) is 24.1 Å². The van der Waals surface area contributed by atoms with Gasteiger partial charge in [0.25, 0.3) is 5.91 Å². The van der Waals surface area contributed by atoms with Crippen LogP contribution in [0.3, 0.4) is 0 Å². The van der Waals surface area contributed by atoms with Gasteiger partial charge >= 0.3 is 0 Å². The van der Waals surface area contributed by atoms with Crippen molar-refractivity contribution >= 4 is 11.6 Å². The van der Waals surface area contributed by atoms with Crippen molar-refractivity contribution in [3.8, 4) is 0 Å². The first-order valence-corrected chi connectivity index (χ1v) is 8.69. The zero-order chi connectivity index (χ0) is 19.3. The van der Waals surface area contributed by atoms with Gasteiger partial charge in [0.1, 0.15) is 6.04 Å². The monoisotopic (exact) mass is 365 g/mol. The Labute approximate surface area is 151 Å². The minimum Gasteiger partial charge on any atom is -0.332 e. The number of benzene rings is 2. The number of amides is 1. The zero-order valence-electron chi connectivity index (χ0n) is 15.2. The lowest BCUT2D eigenvalue weighted by molar-refractivity contribution is -0.692. The summed E-state index contributed by atoms with van der Waals surface area (Å²) in [6.45, 7) is 6.24. The Bertz CT molecular complexity index is 760. The molecule has 3 N–H and O–H groups in total. The molecule has 0 aliphatic heterocycles. The number of hydrogen-bond donors (Lipinski definition) is 2. The lowest BCUT2D eigenvalue weighted by Crippen LogP contribution is -2.88. The van der Waals surface area contributed by atoms with Crippen LogP contribution in [-0.4, -0.2) is 12.5 Å². The van der Waals surface area contributed by atoms with Crippen LogP contribution in [-0.2, 0) is 11.2 Å². The van der Waals surface area contributed by atoms with Crippen LogP contribution in [0.1, 0.15) is 37.9 Å². The molecule has 0 saturated heterocycles. The number of nitrogens with two attached hydrogens (primary N) is 1. The molecular weight excluding hydrogens is 341 g/mol. The highest BCUT2D eigenvalue weighted by Gasteiger charge is 2.21. The van der Waals surface area contributed by atoms with Crippen molar-refractivity contribution in [3.63, 3.8) is 0 Å². The van der Waals surface area contributed by atoms with E-state index in [2.05, 4.69) is 38.2 Å². The first kappa shape index (κ1) is 20.0. The van der Waals surface area contributed by atoms with Gasteiger partial charge in [-0.25, -0.2) is 13.2 Å². The second-order valence-electron chi connectivity index (χ2n) is 6.58. The van der Waals surface area contributed by atoms with Gasteiger partial charge in [0.15, 0.2) is 24.0 Å². The quantitative estimate of drug-likeness (QED) is 0.724. The Morgan fingerprint density at radius 1 is 1.04 bits per heavy atom. The summed E-state index contributed by atoms with van der Waals surface area (Å²) in [6.07, 6.45) is 0.957. The van der Waals surface area contributed by atoms with Crippen LogP contribution >= 0.6 is 0 Å². The fraction of sp³-hybridized carbons (Fsp3) is 0.350. The molecule has 0 spiro atoms. The van der Waals surface area contributed by atoms with Gasteiger partial charge in [-0.15, -0.1) is 0 Å². The standard InChI is InChI=1S/C20H23F3N2O/c1-4-13-5-7-14(8-6-13)20(12(2)3)24-11-17(26)25-16-10-9-15(21)18(22)19(16)23/h5-10,12,20,24H,4,11H2,1-3H3,(H,25,26)/p+1/t20-/m1/s1. The van der Waals surface area contributed by atoms with Gasteiger partial charge in [-0.1, -0.05) is 45.0 Å². The number of aryl methyl sites for hydroxylation is 1. The molecule has 0 bridgehead atoms. The molecule has 0 fully saturated rings. The van der Waals surface area contributed by atoms with Crippen LogP contribution < -0.4 is 10.6 Å². The summed E-state index contributed by atoms with van der Waals surface area (Å²) in [6, 6.07) is 10.1. The van der Waals surface area contributed by atoms with Crippen molar-refractivity contribution < 1.29 is 23.3 Å². The largest absolute Gasteiger partial charge is 0.332 e. The van der Waals surface area contributed by atoms with E-state index in [1.54, 1.807) is 0 Å². The fourth-order valence-electron chi connectivity index (χ4n) is 2.83. The van der Waals surface area contributed by atoms with E-state index in [1.165, 1.54) is 5.56 Å². The van der Waals surface area contributed by atoms with E-state index in [1.807, 2.05) is 17.4 Å². The third-order valence-electron chi connectivity index (χ3n) is 4.36. The maximum absolute atomic E-state index is 13.6. The third-order valence-corrected chi connectivity index (χ3v) is 4.36. The molecule has 0 unspecified atom stereocenters. The van der Waals surface area contributed by atoms with Gasteiger partial charge in [-0.3, -0.25) is 4.79 Å². The summed E-state index contributed by atoms with van der Waals surface area (Å²) in [5, 5.41) is 4.15. The first-order chi connectivity index (χ1) is 12.3. The molecule has 2 aromatic rings. The molecule has 1 amide bonds. The second kappa shape index (κ2) is 8.85. The summed E-state index contributed by atoms with van der Waals surface area (Å²) in [5.74, 6) is -4.49. The van der Waals surface area contributed by atoms with Gasteiger partial charge in [0.05, 0.1) is 5.69 Å². The van der Waals surface area contributed by atoms with E-state index in [-0.39, 0.29) is 24.2 Å².